The Morgan fingerprint density at radius 3 is 1.85 bits per heavy atom. The molecular formula is C11H20N4O5. The molecule has 0 saturated carbocycles. The highest BCUT2D eigenvalue weighted by molar-refractivity contribution is 5.87. The first-order chi connectivity index (χ1) is 9.13. The number of amides is 4. The van der Waals surface area contributed by atoms with E-state index in [1.54, 1.807) is 13.8 Å². The first-order valence-electron chi connectivity index (χ1n) is 5.97. The lowest BCUT2D eigenvalue weighted by molar-refractivity contribution is -0.137. The fourth-order valence-electron chi connectivity index (χ4n) is 1.47. The molecule has 0 aliphatic heterocycles. The Bertz CT molecular complexity index is 380. The number of aliphatic carboxylic acids is 1. The Morgan fingerprint density at radius 2 is 1.55 bits per heavy atom. The third-order valence-corrected chi connectivity index (χ3v) is 2.49. The number of carbonyl (C=O) groups is 4. The van der Waals surface area contributed by atoms with Crippen LogP contribution in [-0.2, 0) is 14.4 Å². The zero-order valence-corrected chi connectivity index (χ0v) is 11.5. The maximum absolute atomic E-state index is 11.9. The minimum absolute atomic E-state index is 0.140. The summed E-state index contributed by atoms with van der Waals surface area (Å²) in [5.41, 5.74) is 9.94. The van der Waals surface area contributed by atoms with E-state index in [4.69, 9.17) is 16.6 Å². The van der Waals surface area contributed by atoms with E-state index in [1.165, 1.54) is 0 Å². The van der Waals surface area contributed by atoms with Crippen molar-refractivity contribution in [2.75, 3.05) is 13.1 Å². The van der Waals surface area contributed by atoms with E-state index in [0.717, 1.165) is 4.90 Å². The number of nitrogens with zero attached hydrogens (tertiary/aromatic N) is 1. The number of hydrogen-bond acceptors (Lipinski definition) is 4. The lowest BCUT2D eigenvalue weighted by Crippen LogP contribution is -2.51. The Labute approximate surface area is 116 Å². The van der Waals surface area contributed by atoms with Gasteiger partial charge in [0.25, 0.3) is 0 Å². The first kappa shape index (κ1) is 17.7. The average Bonchev–Trinajstić information content (AvgIpc) is 2.24. The van der Waals surface area contributed by atoms with Gasteiger partial charge in [-0.05, 0) is 5.92 Å². The summed E-state index contributed by atoms with van der Waals surface area (Å²) in [6.07, 6.45) is -0.273. The molecule has 0 aromatic rings. The number of urea groups is 1. The second-order valence-corrected chi connectivity index (χ2v) is 4.69. The number of rotatable bonds is 8. The molecule has 0 aliphatic carbocycles. The van der Waals surface area contributed by atoms with Crippen molar-refractivity contribution in [3.05, 3.63) is 0 Å². The molecule has 0 rings (SSSR count). The average molecular weight is 288 g/mol. The molecule has 0 fully saturated rings. The predicted octanol–water partition coefficient (Wildman–Crippen LogP) is -1.53. The largest absolute Gasteiger partial charge is 0.481 e. The van der Waals surface area contributed by atoms with Crippen molar-refractivity contribution in [3.63, 3.8) is 0 Å². The van der Waals surface area contributed by atoms with E-state index in [0.29, 0.717) is 0 Å². The Kier molecular flexibility index (Phi) is 7.05. The lowest BCUT2D eigenvalue weighted by Gasteiger charge is -2.26. The molecular weight excluding hydrogens is 268 g/mol. The van der Waals surface area contributed by atoms with E-state index in [1.807, 2.05) is 0 Å². The van der Waals surface area contributed by atoms with Gasteiger partial charge in [0.2, 0.25) is 11.8 Å². The Hall–Kier alpha value is -2.32. The van der Waals surface area contributed by atoms with Crippen LogP contribution in [-0.4, -0.2) is 53.0 Å². The predicted molar refractivity (Wildman–Crippen MR) is 69.4 cm³/mol. The van der Waals surface area contributed by atoms with Crippen molar-refractivity contribution in [3.8, 4) is 0 Å². The quantitative estimate of drug-likeness (QED) is 0.426. The van der Waals surface area contributed by atoms with Gasteiger partial charge in [0.15, 0.2) is 0 Å². The van der Waals surface area contributed by atoms with Gasteiger partial charge in [-0.15, -0.1) is 0 Å². The van der Waals surface area contributed by atoms with Gasteiger partial charge in [0, 0.05) is 6.04 Å². The molecule has 0 saturated heterocycles. The Balaban J connectivity index is 4.81. The number of nitrogens with two attached hydrogens (primary N) is 2. The summed E-state index contributed by atoms with van der Waals surface area (Å²) in [5.74, 6) is -2.82. The minimum atomic E-state index is -1.07. The number of hydrogen-bond donors (Lipinski definition) is 4. The zero-order chi connectivity index (χ0) is 15.9. The topological polar surface area (TPSA) is 156 Å². The number of nitrogens with one attached hydrogen (secondary N) is 1. The van der Waals surface area contributed by atoms with E-state index < -0.39 is 42.9 Å². The van der Waals surface area contributed by atoms with Crippen LogP contribution in [0.15, 0.2) is 0 Å². The summed E-state index contributed by atoms with van der Waals surface area (Å²) >= 11 is 0. The van der Waals surface area contributed by atoms with Crippen molar-refractivity contribution in [1.29, 1.82) is 0 Å². The van der Waals surface area contributed by atoms with Crippen molar-refractivity contribution in [2.24, 2.45) is 17.4 Å². The van der Waals surface area contributed by atoms with Gasteiger partial charge in [0.05, 0.1) is 6.42 Å². The smallest absolute Gasteiger partial charge is 0.318 e. The Morgan fingerprint density at radius 1 is 1.10 bits per heavy atom. The highest BCUT2D eigenvalue weighted by Gasteiger charge is 2.24. The fourth-order valence-corrected chi connectivity index (χ4v) is 1.47. The molecule has 0 heterocycles. The number of carboxylic acid groups (broad SMARTS) is 1. The molecule has 0 radical (unpaired) electrons. The summed E-state index contributed by atoms with van der Waals surface area (Å²) in [4.78, 5) is 45.2. The van der Waals surface area contributed by atoms with Crippen LogP contribution >= 0.6 is 0 Å². The van der Waals surface area contributed by atoms with Crippen molar-refractivity contribution < 1.29 is 24.3 Å². The molecule has 6 N–H and O–H groups in total. The van der Waals surface area contributed by atoms with Crippen LogP contribution in [0.3, 0.4) is 0 Å². The van der Waals surface area contributed by atoms with Crippen LogP contribution in [0.25, 0.3) is 0 Å². The van der Waals surface area contributed by atoms with Crippen LogP contribution < -0.4 is 16.8 Å². The molecule has 0 spiro atoms. The van der Waals surface area contributed by atoms with Crippen molar-refractivity contribution >= 4 is 23.8 Å². The van der Waals surface area contributed by atoms with Crippen LogP contribution in [0, 0.1) is 5.92 Å². The SMILES string of the molecule is CC(C)C(CC(=O)O)NC(=O)N(CC(N)=O)CC(N)=O. The third kappa shape index (κ3) is 7.19. The summed E-state index contributed by atoms with van der Waals surface area (Å²) in [6, 6.07) is -1.40. The second-order valence-electron chi connectivity index (χ2n) is 4.69. The lowest BCUT2D eigenvalue weighted by atomic mass is 10.0. The molecule has 4 amide bonds. The van der Waals surface area contributed by atoms with Crippen LogP contribution in [0.1, 0.15) is 20.3 Å². The van der Waals surface area contributed by atoms with E-state index in [9.17, 15) is 19.2 Å². The summed E-state index contributed by atoms with van der Waals surface area (Å²) < 4.78 is 0. The zero-order valence-electron chi connectivity index (χ0n) is 11.5. The molecule has 0 bridgehead atoms. The van der Waals surface area contributed by atoms with Gasteiger partial charge in [-0.25, -0.2) is 4.79 Å². The number of primary amides is 2. The van der Waals surface area contributed by atoms with Gasteiger partial charge >= 0.3 is 12.0 Å². The first-order valence-corrected chi connectivity index (χ1v) is 5.97. The van der Waals surface area contributed by atoms with E-state index in [-0.39, 0.29) is 12.3 Å². The standard InChI is InChI=1S/C11H20N4O5/c1-6(2)7(3-10(18)19)14-11(20)15(4-8(12)16)5-9(13)17/h6-7H,3-5H2,1-2H3,(H2,12,16)(H2,13,17)(H,14,20)(H,18,19). The maximum Gasteiger partial charge on any atom is 0.318 e. The summed E-state index contributed by atoms with van der Waals surface area (Å²) in [6.45, 7) is 2.51. The second kappa shape index (κ2) is 7.97. The van der Waals surface area contributed by atoms with Crippen molar-refractivity contribution in [1.82, 2.24) is 10.2 Å². The van der Waals surface area contributed by atoms with Crippen LogP contribution in [0.2, 0.25) is 0 Å². The van der Waals surface area contributed by atoms with Crippen LogP contribution in [0.5, 0.6) is 0 Å². The minimum Gasteiger partial charge on any atom is -0.481 e. The van der Waals surface area contributed by atoms with Crippen molar-refractivity contribution in [2.45, 2.75) is 26.3 Å². The number of carboxylic acids is 1. The highest BCUT2D eigenvalue weighted by Crippen LogP contribution is 2.07. The van der Waals surface area contributed by atoms with Gasteiger partial charge in [-0.3, -0.25) is 14.4 Å². The molecule has 9 heteroatoms. The number of carbonyl (C=O) groups excluding carboxylic acids is 3. The maximum atomic E-state index is 11.9. The molecule has 1 atom stereocenters. The van der Waals surface area contributed by atoms with Gasteiger partial charge < -0.3 is 26.8 Å². The molecule has 0 aromatic heterocycles. The monoisotopic (exact) mass is 288 g/mol. The van der Waals surface area contributed by atoms with E-state index in [2.05, 4.69) is 5.32 Å². The normalized spacial score (nSPS) is 11.8. The van der Waals surface area contributed by atoms with Gasteiger partial charge in [0.1, 0.15) is 13.1 Å². The molecule has 114 valence electrons. The van der Waals surface area contributed by atoms with Crippen LogP contribution in [0.4, 0.5) is 4.79 Å². The van der Waals surface area contributed by atoms with Gasteiger partial charge in [-0.1, -0.05) is 13.8 Å². The molecule has 20 heavy (non-hydrogen) atoms. The fraction of sp³-hybridized carbons (Fsp3) is 0.636. The van der Waals surface area contributed by atoms with Gasteiger partial charge in [-0.2, -0.15) is 0 Å². The summed E-state index contributed by atoms with van der Waals surface area (Å²) in [7, 11) is 0. The molecule has 1 unspecified atom stereocenters. The third-order valence-electron chi connectivity index (χ3n) is 2.49. The highest BCUT2D eigenvalue weighted by atomic mass is 16.4. The van der Waals surface area contributed by atoms with E-state index >= 15 is 0 Å². The molecule has 9 nitrogen and oxygen atoms in total. The molecule has 0 aromatic carbocycles. The molecule has 0 aliphatic rings. The summed E-state index contributed by atoms with van der Waals surface area (Å²) in [5, 5.41) is 11.2.